The third-order valence-electron chi connectivity index (χ3n) is 4.99. The molecule has 0 fully saturated rings. The predicted molar refractivity (Wildman–Crippen MR) is 140 cm³/mol. The molecule has 0 aliphatic rings. The van der Waals surface area contributed by atoms with Crippen molar-refractivity contribution in [2.75, 3.05) is 20.0 Å². The van der Waals surface area contributed by atoms with Gasteiger partial charge in [0.05, 0.1) is 32.5 Å². The summed E-state index contributed by atoms with van der Waals surface area (Å²) in [5, 5.41) is 13.4. The Labute approximate surface area is 212 Å². The molecule has 0 unspecified atom stereocenters. The number of para-hydroxylation sites is 1. The Bertz CT molecular complexity index is 1360. The van der Waals surface area contributed by atoms with Gasteiger partial charge in [0, 0.05) is 11.3 Å². The zero-order chi connectivity index (χ0) is 25.3. The number of thioether (sulfide) groups is 1. The minimum atomic E-state index is -0.266. The molecule has 0 bridgehead atoms. The van der Waals surface area contributed by atoms with Gasteiger partial charge in [0.1, 0.15) is 5.76 Å². The van der Waals surface area contributed by atoms with Crippen molar-refractivity contribution in [2.24, 2.45) is 5.10 Å². The molecule has 1 amide bonds. The van der Waals surface area contributed by atoms with Crippen LogP contribution in [0.2, 0.25) is 0 Å². The molecule has 4 rings (SSSR count). The molecular weight excluding hydrogens is 478 g/mol. The maximum Gasteiger partial charge on any atom is 0.250 e. The first-order chi connectivity index (χ1) is 17.6. The molecule has 2 aromatic carbocycles. The maximum absolute atomic E-state index is 12.4. The molecule has 0 saturated heterocycles. The third-order valence-corrected chi connectivity index (χ3v) is 5.92. The van der Waals surface area contributed by atoms with Gasteiger partial charge in [0.15, 0.2) is 22.5 Å². The van der Waals surface area contributed by atoms with Crippen LogP contribution in [0.15, 0.2) is 87.2 Å². The molecule has 0 atom stereocenters. The van der Waals surface area contributed by atoms with Gasteiger partial charge in [0.2, 0.25) is 0 Å². The first kappa shape index (κ1) is 24.8. The lowest BCUT2D eigenvalue weighted by atomic mass is 10.2. The number of furan rings is 1. The number of carbonyl (C=O) groups is 1. The number of rotatable bonds is 10. The molecular formula is C26H25N5O4S. The van der Waals surface area contributed by atoms with Gasteiger partial charge in [-0.3, -0.25) is 9.36 Å². The smallest absolute Gasteiger partial charge is 0.250 e. The minimum absolute atomic E-state index is 0.106. The summed E-state index contributed by atoms with van der Waals surface area (Å²) in [6.45, 7) is 1.87. The van der Waals surface area contributed by atoms with Gasteiger partial charge < -0.3 is 13.9 Å². The number of ether oxygens (including phenoxy) is 2. The van der Waals surface area contributed by atoms with E-state index < -0.39 is 0 Å². The number of benzene rings is 2. The van der Waals surface area contributed by atoms with Crippen LogP contribution in [0.25, 0.3) is 23.2 Å². The molecule has 0 radical (unpaired) electrons. The molecule has 1 N–H and O–H groups in total. The lowest BCUT2D eigenvalue weighted by Gasteiger charge is -2.12. The Morgan fingerprint density at radius 1 is 1.08 bits per heavy atom. The van der Waals surface area contributed by atoms with Crippen molar-refractivity contribution in [3.05, 3.63) is 78.3 Å². The first-order valence-corrected chi connectivity index (χ1v) is 12.0. The number of allylic oxidation sites excluding steroid dienone is 1. The van der Waals surface area contributed by atoms with Crippen LogP contribution in [0.4, 0.5) is 0 Å². The van der Waals surface area contributed by atoms with Crippen LogP contribution in [0, 0.1) is 0 Å². The second-order valence-corrected chi connectivity index (χ2v) is 8.48. The fourth-order valence-corrected chi connectivity index (χ4v) is 4.08. The van der Waals surface area contributed by atoms with Crippen LogP contribution in [0.5, 0.6) is 11.5 Å². The van der Waals surface area contributed by atoms with Crippen LogP contribution in [-0.4, -0.2) is 46.9 Å². The summed E-state index contributed by atoms with van der Waals surface area (Å²) in [6, 6.07) is 18.9. The van der Waals surface area contributed by atoms with E-state index in [9.17, 15) is 4.79 Å². The Hall–Kier alpha value is -4.31. The fourth-order valence-electron chi connectivity index (χ4n) is 3.34. The second-order valence-electron chi connectivity index (χ2n) is 7.53. The Kier molecular flexibility index (Phi) is 8.20. The summed E-state index contributed by atoms with van der Waals surface area (Å²) < 4.78 is 18.0. The molecule has 2 aromatic heterocycles. The molecule has 9 nitrogen and oxygen atoms in total. The van der Waals surface area contributed by atoms with E-state index in [1.165, 1.54) is 11.8 Å². The average Bonchev–Trinajstić information content (AvgIpc) is 3.57. The van der Waals surface area contributed by atoms with Crippen molar-refractivity contribution < 1.29 is 18.7 Å². The van der Waals surface area contributed by atoms with E-state index in [4.69, 9.17) is 13.9 Å². The van der Waals surface area contributed by atoms with E-state index in [0.717, 1.165) is 16.8 Å². The monoisotopic (exact) mass is 503 g/mol. The zero-order valence-corrected chi connectivity index (χ0v) is 20.9. The summed E-state index contributed by atoms with van der Waals surface area (Å²) in [7, 11) is 3.17. The van der Waals surface area contributed by atoms with Crippen molar-refractivity contribution in [3.8, 4) is 28.6 Å². The normalized spacial score (nSPS) is 11.6. The van der Waals surface area contributed by atoms with Gasteiger partial charge in [0.25, 0.3) is 5.91 Å². The van der Waals surface area contributed by atoms with Gasteiger partial charge in [-0.1, -0.05) is 30.0 Å². The molecule has 4 aromatic rings. The highest BCUT2D eigenvalue weighted by molar-refractivity contribution is 7.99. The van der Waals surface area contributed by atoms with E-state index in [2.05, 4.69) is 20.7 Å². The molecule has 10 heteroatoms. The van der Waals surface area contributed by atoms with Gasteiger partial charge in [-0.05, 0) is 61.0 Å². The van der Waals surface area contributed by atoms with Gasteiger partial charge in [-0.25, -0.2) is 5.43 Å². The third kappa shape index (κ3) is 6.02. The van der Waals surface area contributed by atoms with E-state index in [1.807, 2.05) is 72.2 Å². The number of hydrazone groups is 1. The van der Waals surface area contributed by atoms with Crippen LogP contribution >= 0.6 is 11.8 Å². The zero-order valence-electron chi connectivity index (χ0n) is 20.0. The van der Waals surface area contributed by atoms with Crippen molar-refractivity contribution in [3.63, 3.8) is 0 Å². The van der Waals surface area contributed by atoms with Crippen molar-refractivity contribution in [2.45, 2.75) is 12.1 Å². The Morgan fingerprint density at radius 3 is 2.61 bits per heavy atom. The van der Waals surface area contributed by atoms with E-state index in [1.54, 1.807) is 32.8 Å². The lowest BCUT2D eigenvalue weighted by Crippen LogP contribution is -2.20. The summed E-state index contributed by atoms with van der Waals surface area (Å²) in [4.78, 5) is 12.4. The Balaban J connectivity index is 1.51. The maximum atomic E-state index is 12.4. The number of carbonyl (C=O) groups excluding carboxylic acids is 1. The number of aromatic nitrogens is 3. The summed E-state index contributed by atoms with van der Waals surface area (Å²) in [5.74, 6) is 2.37. The van der Waals surface area contributed by atoms with Gasteiger partial charge >= 0.3 is 0 Å². The van der Waals surface area contributed by atoms with Crippen molar-refractivity contribution in [1.29, 1.82) is 0 Å². The second kappa shape index (κ2) is 11.9. The molecule has 184 valence electrons. The van der Waals surface area contributed by atoms with Crippen LogP contribution in [0.1, 0.15) is 12.7 Å². The van der Waals surface area contributed by atoms with Crippen molar-refractivity contribution in [1.82, 2.24) is 20.2 Å². The number of nitrogens with one attached hydrogen (secondary N) is 1. The number of nitrogens with zero attached hydrogens (tertiary/aromatic N) is 4. The molecule has 36 heavy (non-hydrogen) atoms. The first-order valence-electron chi connectivity index (χ1n) is 11.0. The highest BCUT2D eigenvalue weighted by atomic mass is 32.2. The number of methoxy groups -OCH3 is 2. The quantitative estimate of drug-likeness (QED) is 0.188. The number of amides is 1. The molecule has 0 aliphatic carbocycles. The standard InChI is InChI=1S/C26H25N5O4S/c1-18(14-21-10-7-13-35-21)16-27-28-24(32)17-36-26-30-29-25(31(26)20-8-5-4-6-9-20)19-11-12-22(33-2)23(15-19)34-3/h4-16H,17H2,1-3H3,(H,28,32). The molecule has 2 heterocycles. The number of hydrogen-bond donors (Lipinski definition) is 1. The minimum Gasteiger partial charge on any atom is -0.493 e. The summed E-state index contributed by atoms with van der Waals surface area (Å²) >= 11 is 1.26. The van der Waals surface area contributed by atoms with Crippen molar-refractivity contribution >= 4 is 30.0 Å². The average molecular weight is 504 g/mol. The van der Waals surface area contributed by atoms with Crippen LogP contribution in [0.3, 0.4) is 0 Å². The van der Waals surface area contributed by atoms with E-state index >= 15 is 0 Å². The topological polar surface area (TPSA) is 104 Å². The predicted octanol–water partition coefficient (Wildman–Crippen LogP) is 4.84. The van der Waals surface area contributed by atoms with Crippen LogP contribution < -0.4 is 14.9 Å². The lowest BCUT2D eigenvalue weighted by molar-refractivity contribution is -0.118. The highest BCUT2D eigenvalue weighted by Gasteiger charge is 2.18. The van der Waals surface area contributed by atoms with Gasteiger partial charge in [-0.2, -0.15) is 5.10 Å². The largest absolute Gasteiger partial charge is 0.493 e. The Morgan fingerprint density at radius 2 is 1.89 bits per heavy atom. The van der Waals surface area contributed by atoms with E-state index in [-0.39, 0.29) is 11.7 Å². The fraction of sp³-hybridized carbons (Fsp3) is 0.154. The number of hydrogen-bond acceptors (Lipinski definition) is 8. The summed E-state index contributed by atoms with van der Waals surface area (Å²) in [6.07, 6.45) is 4.98. The highest BCUT2D eigenvalue weighted by Crippen LogP contribution is 2.34. The van der Waals surface area contributed by atoms with Crippen LogP contribution in [-0.2, 0) is 4.79 Å². The molecule has 0 saturated carbocycles. The van der Waals surface area contributed by atoms with E-state index in [0.29, 0.717) is 28.2 Å². The molecule has 0 aliphatic heterocycles. The van der Waals surface area contributed by atoms with Gasteiger partial charge in [-0.15, -0.1) is 10.2 Å². The summed E-state index contributed by atoms with van der Waals surface area (Å²) in [5.41, 5.74) is 5.04. The molecule has 0 spiro atoms. The SMILES string of the molecule is COc1ccc(-c2nnc(SCC(=O)NN=CC(C)=Cc3ccco3)n2-c2ccccc2)cc1OC.